The van der Waals surface area contributed by atoms with Crippen LogP contribution in [0.1, 0.15) is 22.8 Å². The van der Waals surface area contributed by atoms with Crippen molar-refractivity contribution in [1.82, 2.24) is 15.3 Å². The maximum atomic E-state index is 4.73. The summed E-state index contributed by atoms with van der Waals surface area (Å²) in [5, 5.41) is 3.38. The summed E-state index contributed by atoms with van der Waals surface area (Å²) in [6, 6.07) is 8.26. The molecule has 1 aromatic carbocycles. The average molecular weight is 350 g/mol. The number of thioether (sulfide) groups is 1. The first-order valence-corrected chi connectivity index (χ1v) is 8.45. The van der Waals surface area contributed by atoms with Gasteiger partial charge in [-0.3, -0.25) is 0 Å². The van der Waals surface area contributed by atoms with Crippen LogP contribution in [0.3, 0.4) is 0 Å². The fraction of sp³-hybridized carbons (Fsp3) is 0.333. The Morgan fingerprint density at radius 3 is 3.00 bits per heavy atom. The van der Waals surface area contributed by atoms with Crippen LogP contribution in [-0.2, 0) is 18.7 Å². The summed E-state index contributed by atoms with van der Waals surface area (Å²) in [5.74, 6) is 1.74. The first-order chi connectivity index (χ1) is 9.74. The van der Waals surface area contributed by atoms with Crippen molar-refractivity contribution in [3.63, 3.8) is 0 Å². The van der Waals surface area contributed by atoms with E-state index >= 15 is 0 Å². The van der Waals surface area contributed by atoms with Gasteiger partial charge in [-0.25, -0.2) is 9.97 Å². The number of nitrogens with zero attached hydrogens (tertiary/aromatic N) is 2. The molecule has 0 amide bonds. The van der Waals surface area contributed by atoms with E-state index in [1.807, 2.05) is 6.07 Å². The van der Waals surface area contributed by atoms with Crippen molar-refractivity contribution in [2.45, 2.75) is 30.5 Å². The van der Waals surface area contributed by atoms with E-state index in [4.69, 9.17) is 4.98 Å². The molecule has 0 saturated heterocycles. The van der Waals surface area contributed by atoms with E-state index in [1.165, 1.54) is 16.2 Å². The molecule has 0 unspecified atom stereocenters. The van der Waals surface area contributed by atoms with Gasteiger partial charge in [0.05, 0.1) is 11.4 Å². The largest absolute Gasteiger partial charge is 0.312 e. The predicted octanol–water partition coefficient (Wildman–Crippen LogP) is 3.49. The lowest BCUT2D eigenvalue weighted by Crippen LogP contribution is -2.26. The summed E-state index contributed by atoms with van der Waals surface area (Å²) in [6.45, 7) is 4.00. The Labute approximate surface area is 131 Å². The van der Waals surface area contributed by atoms with Gasteiger partial charge in [-0.05, 0) is 35.0 Å². The van der Waals surface area contributed by atoms with Gasteiger partial charge in [0.25, 0.3) is 0 Å². The molecule has 2 aromatic rings. The van der Waals surface area contributed by atoms with E-state index in [2.05, 4.69) is 51.4 Å². The first kappa shape index (κ1) is 14.0. The Hall–Kier alpha value is -0.910. The lowest BCUT2D eigenvalue weighted by Gasteiger charge is -2.18. The monoisotopic (exact) mass is 349 g/mol. The van der Waals surface area contributed by atoms with Gasteiger partial charge in [0.15, 0.2) is 0 Å². The molecular weight excluding hydrogens is 334 g/mol. The van der Waals surface area contributed by atoms with Gasteiger partial charge in [-0.2, -0.15) is 0 Å². The second-order valence-electron chi connectivity index (χ2n) is 4.80. The number of rotatable bonds is 3. The van der Waals surface area contributed by atoms with Crippen molar-refractivity contribution in [1.29, 1.82) is 0 Å². The van der Waals surface area contributed by atoms with Crippen LogP contribution in [0, 0.1) is 6.92 Å². The molecule has 1 N–H and O–H groups in total. The third-order valence-electron chi connectivity index (χ3n) is 3.38. The van der Waals surface area contributed by atoms with Crippen LogP contribution in [0.25, 0.3) is 0 Å². The van der Waals surface area contributed by atoms with Gasteiger partial charge >= 0.3 is 0 Å². The quantitative estimate of drug-likeness (QED) is 0.860. The Balaban J connectivity index is 1.78. The smallest absolute Gasteiger partial charge is 0.139 e. The molecule has 0 bridgehead atoms. The molecule has 20 heavy (non-hydrogen) atoms. The normalized spacial score (nSPS) is 14.1. The third-order valence-corrected chi connectivity index (χ3v) is 5.40. The van der Waals surface area contributed by atoms with Crippen molar-refractivity contribution in [2.75, 3.05) is 6.54 Å². The molecule has 104 valence electrons. The minimum absolute atomic E-state index is 0.810. The lowest BCUT2D eigenvalue weighted by atomic mass is 10.1. The molecule has 0 radical (unpaired) electrons. The number of hydrogen-bond donors (Lipinski definition) is 1. The van der Waals surface area contributed by atoms with Crippen LogP contribution in [-0.4, -0.2) is 16.5 Å². The zero-order valence-electron chi connectivity index (χ0n) is 11.3. The van der Waals surface area contributed by atoms with Gasteiger partial charge in [-0.15, -0.1) is 11.8 Å². The second-order valence-corrected chi connectivity index (χ2v) is 6.67. The van der Waals surface area contributed by atoms with Crippen molar-refractivity contribution in [2.24, 2.45) is 0 Å². The summed E-state index contributed by atoms with van der Waals surface area (Å²) >= 11 is 5.35. The summed E-state index contributed by atoms with van der Waals surface area (Å²) in [6.07, 6.45) is 1.01. The van der Waals surface area contributed by atoms with Gasteiger partial charge in [0.2, 0.25) is 0 Å². The molecule has 0 aliphatic carbocycles. The molecule has 5 heteroatoms. The molecule has 2 heterocycles. The summed E-state index contributed by atoms with van der Waals surface area (Å²) in [5.41, 5.74) is 3.62. The summed E-state index contributed by atoms with van der Waals surface area (Å²) in [4.78, 5) is 10.6. The highest BCUT2D eigenvalue weighted by Gasteiger charge is 2.15. The van der Waals surface area contributed by atoms with Crippen molar-refractivity contribution >= 4 is 27.7 Å². The number of benzene rings is 1. The number of nitrogens with one attached hydrogen (secondary N) is 1. The van der Waals surface area contributed by atoms with Gasteiger partial charge in [-0.1, -0.05) is 12.1 Å². The molecule has 0 atom stereocenters. The molecule has 1 aliphatic rings. The summed E-state index contributed by atoms with van der Waals surface area (Å²) in [7, 11) is 0. The van der Waals surface area contributed by atoms with Crippen LogP contribution >= 0.6 is 27.7 Å². The van der Waals surface area contributed by atoms with Gasteiger partial charge in [0, 0.05) is 40.1 Å². The van der Waals surface area contributed by atoms with E-state index in [-0.39, 0.29) is 0 Å². The zero-order valence-corrected chi connectivity index (χ0v) is 13.7. The van der Waals surface area contributed by atoms with Gasteiger partial charge < -0.3 is 5.32 Å². The Bertz CT molecular complexity index is 631. The second kappa shape index (κ2) is 6.24. The first-order valence-electron chi connectivity index (χ1n) is 6.67. The molecule has 0 spiro atoms. The highest BCUT2D eigenvalue weighted by Crippen LogP contribution is 2.29. The molecular formula is C15H16BrN3S. The molecule has 3 nitrogen and oxygen atoms in total. The maximum absolute atomic E-state index is 4.73. The number of fused-ring (bicyclic) bond motifs is 1. The topological polar surface area (TPSA) is 37.8 Å². The van der Waals surface area contributed by atoms with Crippen molar-refractivity contribution in [3.8, 4) is 0 Å². The van der Waals surface area contributed by atoms with Crippen LogP contribution < -0.4 is 5.32 Å². The van der Waals surface area contributed by atoms with Crippen LogP contribution in [0.2, 0.25) is 0 Å². The van der Waals surface area contributed by atoms with Gasteiger partial charge in [0.1, 0.15) is 5.82 Å². The summed E-state index contributed by atoms with van der Waals surface area (Å²) < 4.78 is 1.13. The van der Waals surface area contributed by atoms with E-state index in [1.54, 1.807) is 11.8 Å². The molecule has 0 saturated carbocycles. The van der Waals surface area contributed by atoms with Crippen LogP contribution in [0.15, 0.2) is 33.6 Å². The maximum Gasteiger partial charge on any atom is 0.139 e. The highest BCUT2D eigenvalue weighted by atomic mass is 79.9. The van der Waals surface area contributed by atoms with Crippen LogP contribution in [0.4, 0.5) is 0 Å². The Morgan fingerprint density at radius 2 is 2.15 bits per heavy atom. The predicted molar refractivity (Wildman–Crippen MR) is 85.9 cm³/mol. The molecule has 1 aliphatic heterocycles. The van der Waals surface area contributed by atoms with E-state index in [9.17, 15) is 0 Å². The van der Waals surface area contributed by atoms with Crippen molar-refractivity contribution in [3.05, 3.63) is 51.5 Å². The van der Waals surface area contributed by atoms with E-state index in [0.717, 1.165) is 41.3 Å². The molecule has 3 rings (SSSR count). The number of hydrogen-bond acceptors (Lipinski definition) is 4. The Morgan fingerprint density at radius 1 is 1.30 bits per heavy atom. The number of aryl methyl sites for hydroxylation is 1. The van der Waals surface area contributed by atoms with Crippen LogP contribution in [0.5, 0.6) is 0 Å². The Kier molecular flexibility index (Phi) is 4.38. The fourth-order valence-electron chi connectivity index (χ4n) is 2.34. The fourth-order valence-corrected chi connectivity index (χ4v) is 3.77. The molecule has 0 fully saturated rings. The number of aromatic nitrogens is 2. The SMILES string of the molecule is Cc1nc(CSc2ccccc2Br)nc2c1CNCC2. The van der Waals surface area contributed by atoms with Crippen molar-refractivity contribution < 1.29 is 0 Å². The molecule has 1 aromatic heterocycles. The standard InChI is InChI=1S/C15H16BrN3S/c1-10-11-8-17-7-6-13(11)19-15(18-10)9-20-14-5-3-2-4-12(14)16/h2-5,17H,6-9H2,1H3. The average Bonchev–Trinajstić information content (AvgIpc) is 2.46. The van der Waals surface area contributed by atoms with E-state index in [0.29, 0.717) is 0 Å². The lowest BCUT2D eigenvalue weighted by molar-refractivity contribution is 0.617. The highest BCUT2D eigenvalue weighted by molar-refractivity contribution is 9.10. The zero-order chi connectivity index (χ0) is 13.9. The minimum atomic E-state index is 0.810. The third kappa shape index (κ3) is 3.05. The van der Waals surface area contributed by atoms with E-state index < -0.39 is 0 Å². The minimum Gasteiger partial charge on any atom is -0.312 e. The number of halogens is 1.